The molecule has 1 fully saturated rings. The largest absolute Gasteiger partial charge is 0.389 e. The fourth-order valence-electron chi connectivity index (χ4n) is 0.682. The molecule has 0 bridgehead atoms. The zero-order chi connectivity index (χ0) is 8.32. The third kappa shape index (κ3) is 2.75. The van der Waals surface area contributed by atoms with Crippen LogP contribution in [0.3, 0.4) is 0 Å². The number of hydrogen-bond donors (Lipinski definition) is 1. The van der Waals surface area contributed by atoms with Crippen LogP contribution < -0.4 is 0 Å². The van der Waals surface area contributed by atoms with Gasteiger partial charge in [0.15, 0.2) is 0 Å². The number of rotatable bonds is 2. The molecule has 1 saturated heterocycles. The molecule has 0 saturated carbocycles. The molecule has 0 aliphatic carbocycles. The molecular formula is C6H11O4P. The lowest BCUT2D eigenvalue weighted by Crippen LogP contribution is -1.91. The Kier molecular flexibility index (Phi) is 2.84. The summed E-state index contributed by atoms with van der Waals surface area (Å²) in [7, 11) is -2.96. The highest BCUT2D eigenvalue weighted by molar-refractivity contribution is 7.57. The predicted octanol–water partition coefficient (Wildman–Crippen LogP) is 1.12. The van der Waals surface area contributed by atoms with E-state index >= 15 is 0 Å². The standard InChI is InChI=1S/C6H11O4P/c1-6(7)2-5-11(8)9-3-4-10-11/h2,5-7H,3-4H2,1H3. The maximum Gasteiger partial charge on any atom is 0.354 e. The van der Waals surface area contributed by atoms with Crippen molar-refractivity contribution in [1.29, 1.82) is 0 Å². The third-order valence-corrected chi connectivity index (χ3v) is 2.80. The number of aliphatic hydroxyl groups excluding tert-OH is 1. The van der Waals surface area contributed by atoms with Crippen molar-refractivity contribution in [3.63, 3.8) is 0 Å². The van der Waals surface area contributed by atoms with Crippen LogP contribution >= 0.6 is 7.60 Å². The summed E-state index contributed by atoms with van der Waals surface area (Å²) >= 11 is 0. The van der Waals surface area contributed by atoms with Crippen LogP contribution in [0.25, 0.3) is 0 Å². The molecule has 0 radical (unpaired) electrons. The molecule has 5 heteroatoms. The number of aliphatic hydroxyl groups is 1. The van der Waals surface area contributed by atoms with Gasteiger partial charge in [0.1, 0.15) is 0 Å². The molecule has 1 aliphatic heterocycles. The molecule has 1 unspecified atom stereocenters. The first-order valence-corrected chi connectivity index (χ1v) is 5.00. The van der Waals surface area contributed by atoms with Crippen molar-refractivity contribution < 1.29 is 18.7 Å². The van der Waals surface area contributed by atoms with Gasteiger partial charge in [-0.25, -0.2) is 0 Å². The summed E-state index contributed by atoms with van der Waals surface area (Å²) in [6, 6.07) is 0. The average Bonchev–Trinajstić information content (AvgIpc) is 2.33. The zero-order valence-electron chi connectivity index (χ0n) is 6.27. The van der Waals surface area contributed by atoms with Crippen molar-refractivity contribution in [2.75, 3.05) is 13.2 Å². The monoisotopic (exact) mass is 178 g/mol. The topological polar surface area (TPSA) is 55.8 Å². The van der Waals surface area contributed by atoms with Gasteiger partial charge >= 0.3 is 7.60 Å². The minimum absolute atomic E-state index is 0.363. The van der Waals surface area contributed by atoms with Crippen molar-refractivity contribution >= 4 is 7.60 Å². The zero-order valence-corrected chi connectivity index (χ0v) is 7.16. The lowest BCUT2D eigenvalue weighted by molar-refractivity contribution is 0.244. The van der Waals surface area contributed by atoms with Crippen LogP contribution in [0.2, 0.25) is 0 Å². The van der Waals surface area contributed by atoms with Crippen LogP contribution in [0, 0.1) is 0 Å². The molecule has 1 atom stereocenters. The molecule has 0 aromatic heterocycles. The smallest absolute Gasteiger partial charge is 0.354 e. The fourth-order valence-corrected chi connectivity index (χ4v) is 2.05. The van der Waals surface area contributed by atoms with Crippen molar-refractivity contribution in [3.05, 3.63) is 11.9 Å². The van der Waals surface area contributed by atoms with Gasteiger partial charge in [-0.05, 0) is 13.0 Å². The van der Waals surface area contributed by atoms with Gasteiger partial charge in [-0.2, -0.15) is 0 Å². The summed E-state index contributed by atoms with van der Waals surface area (Å²) in [5.41, 5.74) is 0. The van der Waals surface area contributed by atoms with Crippen LogP contribution in [-0.2, 0) is 13.6 Å². The maximum absolute atomic E-state index is 11.3. The van der Waals surface area contributed by atoms with Gasteiger partial charge in [-0.1, -0.05) is 0 Å². The lowest BCUT2D eigenvalue weighted by atomic mass is 10.4. The van der Waals surface area contributed by atoms with Gasteiger partial charge < -0.3 is 14.2 Å². The maximum atomic E-state index is 11.3. The Morgan fingerprint density at radius 1 is 1.55 bits per heavy atom. The predicted molar refractivity (Wildman–Crippen MR) is 40.3 cm³/mol. The highest BCUT2D eigenvalue weighted by Gasteiger charge is 2.26. The van der Waals surface area contributed by atoms with E-state index in [-0.39, 0.29) is 0 Å². The Bertz CT molecular complexity index is 189. The van der Waals surface area contributed by atoms with E-state index in [1.54, 1.807) is 6.92 Å². The van der Waals surface area contributed by atoms with Crippen LogP contribution in [0.1, 0.15) is 6.92 Å². The second kappa shape index (κ2) is 3.50. The molecule has 0 spiro atoms. The van der Waals surface area contributed by atoms with Gasteiger partial charge in [0, 0.05) is 5.82 Å². The van der Waals surface area contributed by atoms with E-state index in [9.17, 15) is 4.57 Å². The minimum Gasteiger partial charge on any atom is -0.389 e. The summed E-state index contributed by atoms with van der Waals surface area (Å²) in [4.78, 5) is 0. The van der Waals surface area contributed by atoms with Crippen molar-refractivity contribution in [2.45, 2.75) is 13.0 Å². The molecule has 1 heterocycles. The summed E-state index contributed by atoms with van der Waals surface area (Å²) < 4.78 is 20.9. The Morgan fingerprint density at radius 2 is 2.09 bits per heavy atom. The van der Waals surface area contributed by atoms with Crippen LogP contribution in [0.15, 0.2) is 11.9 Å². The van der Waals surface area contributed by atoms with E-state index in [0.717, 1.165) is 0 Å². The van der Waals surface area contributed by atoms with Crippen LogP contribution in [-0.4, -0.2) is 24.4 Å². The molecule has 0 amide bonds. The fraction of sp³-hybridized carbons (Fsp3) is 0.667. The summed E-state index contributed by atoms with van der Waals surface area (Å²) in [5, 5.41) is 8.81. The van der Waals surface area contributed by atoms with Gasteiger partial charge in [-0.3, -0.25) is 4.57 Å². The molecule has 64 valence electrons. The second-order valence-corrected chi connectivity index (χ2v) is 4.18. The Labute approximate surface area is 65.4 Å². The minimum atomic E-state index is -2.96. The van der Waals surface area contributed by atoms with Gasteiger partial charge in [-0.15, -0.1) is 0 Å². The number of hydrogen-bond acceptors (Lipinski definition) is 4. The first kappa shape index (κ1) is 8.94. The molecule has 0 aromatic carbocycles. The van der Waals surface area contributed by atoms with Crippen molar-refractivity contribution in [1.82, 2.24) is 0 Å². The van der Waals surface area contributed by atoms with E-state index in [1.165, 1.54) is 11.9 Å². The van der Waals surface area contributed by atoms with E-state index in [4.69, 9.17) is 14.2 Å². The lowest BCUT2D eigenvalue weighted by Gasteiger charge is -2.02. The average molecular weight is 178 g/mol. The second-order valence-electron chi connectivity index (χ2n) is 2.29. The van der Waals surface area contributed by atoms with E-state index in [2.05, 4.69) is 0 Å². The van der Waals surface area contributed by atoms with E-state index < -0.39 is 13.7 Å². The normalized spacial score (nSPS) is 26.0. The van der Waals surface area contributed by atoms with Gasteiger partial charge in [0.25, 0.3) is 0 Å². The molecule has 0 aromatic rings. The third-order valence-electron chi connectivity index (χ3n) is 1.17. The van der Waals surface area contributed by atoms with Crippen molar-refractivity contribution in [3.8, 4) is 0 Å². The van der Waals surface area contributed by atoms with Gasteiger partial charge in [0.05, 0.1) is 19.3 Å². The molecule has 1 N–H and O–H groups in total. The first-order chi connectivity index (χ1) is 5.12. The van der Waals surface area contributed by atoms with E-state index in [0.29, 0.717) is 13.2 Å². The van der Waals surface area contributed by atoms with Crippen LogP contribution in [0.4, 0.5) is 0 Å². The molecule has 4 nitrogen and oxygen atoms in total. The molecule has 11 heavy (non-hydrogen) atoms. The van der Waals surface area contributed by atoms with Crippen molar-refractivity contribution in [2.24, 2.45) is 0 Å². The highest BCUT2D eigenvalue weighted by atomic mass is 31.2. The quantitative estimate of drug-likeness (QED) is 0.643. The Morgan fingerprint density at radius 3 is 2.55 bits per heavy atom. The summed E-state index contributed by atoms with van der Waals surface area (Å²) in [5.74, 6) is 1.30. The molecular weight excluding hydrogens is 167 g/mol. The molecule has 1 rings (SSSR count). The highest BCUT2D eigenvalue weighted by Crippen LogP contribution is 2.53. The molecule has 1 aliphatic rings. The summed E-state index contributed by atoms with van der Waals surface area (Å²) in [6.45, 7) is 2.29. The van der Waals surface area contributed by atoms with E-state index in [1.807, 2.05) is 0 Å². The Balaban J connectivity index is 2.53. The summed E-state index contributed by atoms with van der Waals surface area (Å²) in [6.07, 6.45) is 0.778. The SMILES string of the molecule is CC(O)C=CP1(=O)OCCO1. The van der Waals surface area contributed by atoms with Gasteiger partial charge in [0.2, 0.25) is 0 Å². The first-order valence-electron chi connectivity index (χ1n) is 3.39. The Hall–Kier alpha value is -0.150. The van der Waals surface area contributed by atoms with Crippen LogP contribution in [0.5, 0.6) is 0 Å².